The summed E-state index contributed by atoms with van der Waals surface area (Å²) in [4.78, 5) is 10.7. The normalized spacial score (nSPS) is 10.2. The molecule has 2 aromatic carbocycles. The van der Waals surface area contributed by atoms with Gasteiger partial charge in [0.2, 0.25) is 0 Å². The fourth-order valence-corrected chi connectivity index (χ4v) is 1.49. The summed E-state index contributed by atoms with van der Waals surface area (Å²) in [5.74, 6) is 0. The average Bonchev–Trinajstić information content (AvgIpc) is 2.42. The van der Waals surface area contributed by atoms with Gasteiger partial charge in [-0.25, -0.2) is 4.84 Å². The summed E-state index contributed by atoms with van der Waals surface area (Å²) in [5.41, 5.74) is 1.97. The molecule has 0 spiro atoms. The van der Waals surface area contributed by atoms with Gasteiger partial charge < -0.3 is 0 Å². The highest BCUT2D eigenvalue weighted by atomic mass is 16.9. The van der Waals surface area contributed by atoms with Gasteiger partial charge in [0.1, 0.15) is 6.61 Å². The molecule has 3 nitrogen and oxygen atoms in total. The zero-order valence-electron chi connectivity index (χ0n) is 9.74. The molecule has 3 heteroatoms. The van der Waals surface area contributed by atoms with E-state index in [1.165, 1.54) is 5.23 Å². The van der Waals surface area contributed by atoms with Crippen LogP contribution in [0.1, 0.15) is 5.56 Å². The Labute approximate surface area is 101 Å². The van der Waals surface area contributed by atoms with Crippen LogP contribution in [-0.2, 0) is 16.3 Å². The van der Waals surface area contributed by atoms with Crippen molar-refractivity contribution in [2.75, 3.05) is 12.3 Å². The van der Waals surface area contributed by atoms with E-state index in [0.717, 1.165) is 11.3 Å². The van der Waals surface area contributed by atoms with Gasteiger partial charge >= 0.3 is 0 Å². The summed E-state index contributed by atoms with van der Waals surface area (Å²) in [5, 5.41) is 1.41. The molecule has 0 N–H and O–H groups in total. The molecule has 0 unspecified atom stereocenters. The lowest BCUT2D eigenvalue weighted by Crippen LogP contribution is -2.21. The van der Waals surface area contributed by atoms with Gasteiger partial charge in [-0.1, -0.05) is 48.5 Å². The number of anilines is 1. The first kappa shape index (κ1) is 11.6. The third kappa shape index (κ3) is 3.31. The minimum absolute atomic E-state index is 0.476. The minimum Gasteiger partial charge on any atom is -0.252 e. The van der Waals surface area contributed by atoms with Crippen molar-refractivity contribution in [1.29, 1.82) is 0 Å². The van der Waals surface area contributed by atoms with E-state index in [4.69, 9.17) is 9.68 Å². The molecule has 0 radical (unpaired) electrons. The molecular formula is C14H15NO2. The van der Waals surface area contributed by atoms with Gasteiger partial charge in [0.05, 0.1) is 12.8 Å². The van der Waals surface area contributed by atoms with Crippen molar-refractivity contribution >= 4 is 5.69 Å². The summed E-state index contributed by atoms with van der Waals surface area (Å²) < 4.78 is 0. The molecule has 0 aliphatic heterocycles. The Bertz CT molecular complexity index is 430. The highest BCUT2D eigenvalue weighted by molar-refractivity contribution is 5.40. The molecule has 0 saturated heterocycles. The van der Waals surface area contributed by atoms with Gasteiger partial charge in [-0.2, -0.15) is 0 Å². The summed E-state index contributed by atoms with van der Waals surface area (Å²) in [6, 6.07) is 19.7. The third-order valence-electron chi connectivity index (χ3n) is 2.32. The van der Waals surface area contributed by atoms with Crippen LogP contribution in [0.5, 0.6) is 0 Å². The Morgan fingerprint density at radius 3 is 2.06 bits per heavy atom. The zero-order valence-corrected chi connectivity index (χ0v) is 9.74. The molecular weight excluding hydrogens is 214 g/mol. The number of para-hydroxylation sites is 1. The van der Waals surface area contributed by atoms with Crippen molar-refractivity contribution in [3.8, 4) is 0 Å². The van der Waals surface area contributed by atoms with Crippen LogP contribution in [0.2, 0.25) is 0 Å². The summed E-state index contributed by atoms with van der Waals surface area (Å²) in [6.07, 6.45) is 0. The van der Waals surface area contributed by atoms with Crippen molar-refractivity contribution in [3.63, 3.8) is 0 Å². The molecule has 0 amide bonds. The van der Waals surface area contributed by atoms with Crippen LogP contribution in [0.4, 0.5) is 5.69 Å². The van der Waals surface area contributed by atoms with Gasteiger partial charge in [-0.05, 0) is 17.7 Å². The predicted octanol–water partition coefficient (Wildman–Crippen LogP) is 3.19. The van der Waals surface area contributed by atoms with Crippen LogP contribution >= 0.6 is 0 Å². The standard InChI is InChI=1S/C14H15NO2/c1-16-15(14-10-6-3-7-11-14)17-12-13-8-4-2-5-9-13/h2-11H,12H2,1H3. The number of hydrogen-bond donors (Lipinski definition) is 0. The first-order chi connectivity index (χ1) is 8.40. The van der Waals surface area contributed by atoms with E-state index in [-0.39, 0.29) is 0 Å². The first-order valence-electron chi connectivity index (χ1n) is 5.46. The molecule has 0 aromatic heterocycles. The van der Waals surface area contributed by atoms with Crippen LogP contribution in [-0.4, -0.2) is 7.11 Å². The summed E-state index contributed by atoms with van der Waals surface area (Å²) in [7, 11) is 1.58. The van der Waals surface area contributed by atoms with Crippen molar-refractivity contribution in [3.05, 3.63) is 66.2 Å². The van der Waals surface area contributed by atoms with Gasteiger partial charge in [-0.15, -0.1) is 5.23 Å². The number of nitrogens with zero attached hydrogens (tertiary/aromatic N) is 1. The molecule has 0 bridgehead atoms. The van der Waals surface area contributed by atoms with Crippen LogP contribution in [0.3, 0.4) is 0 Å². The van der Waals surface area contributed by atoms with Crippen LogP contribution in [0, 0.1) is 0 Å². The van der Waals surface area contributed by atoms with E-state index < -0.39 is 0 Å². The molecule has 88 valence electrons. The maximum Gasteiger partial charge on any atom is 0.103 e. The molecule has 0 heterocycles. The Balaban J connectivity index is 1.97. The van der Waals surface area contributed by atoms with Crippen LogP contribution < -0.4 is 5.23 Å². The van der Waals surface area contributed by atoms with Gasteiger partial charge in [0.15, 0.2) is 0 Å². The average molecular weight is 229 g/mol. The smallest absolute Gasteiger partial charge is 0.103 e. The van der Waals surface area contributed by atoms with Crippen molar-refractivity contribution < 1.29 is 9.68 Å². The number of benzene rings is 2. The largest absolute Gasteiger partial charge is 0.252 e. The molecule has 17 heavy (non-hydrogen) atoms. The van der Waals surface area contributed by atoms with Crippen LogP contribution in [0.15, 0.2) is 60.7 Å². The molecule has 0 aliphatic carbocycles. The van der Waals surface area contributed by atoms with Crippen molar-refractivity contribution in [1.82, 2.24) is 0 Å². The highest BCUT2D eigenvalue weighted by Crippen LogP contribution is 2.14. The van der Waals surface area contributed by atoms with E-state index in [1.807, 2.05) is 60.7 Å². The Morgan fingerprint density at radius 1 is 0.882 bits per heavy atom. The van der Waals surface area contributed by atoms with E-state index >= 15 is 0 Å². The summed E-state index contributed by atoms with van der Waals surface area (Å²) >= 11 is 0. The maximum atomic E-state index is 5.57. The van der Waals surface area contributed by atoms with Crippen molar-refractivity contribution in [2.45, 2.75) is 6.61 Å². The molecule has 0 fully saturated rings. The molecule has 2 rings (SSSR count). The predicted molar refractivity (Wildman–Crippen MR) is 67.2 cm³/mol. The minimum atomic E-state index is 0.476. The number of hydrogen-bond acceptors (Lipinski definition) is 3. The SMILES string of the molecule is CON(OCc1ccccc1)c1ccccc1. The molecule has 2 aromatic rings. The lowest BCUT2D eigenvalue weighted by Gasteiger charge is -2.20. The Kier molecular flexibility index (Phi) is 4.13. The van der Waals surface area contributed by atoms with Gasteiger partial charge in [-0.3, -0.25) is 4.84 Å². The maximum absolute atomic E-state index is 5.57. The Hall–Kier alpha value is -1.84. The van der Waals surface area contributed by atoms with Gasteiger partial charge in [0, 0.05) is 0 Å². The van der Waals surface area contributed by atoms with Crippen LogP contribution in [0.25, 0.3) is 0 Å². The third-order valence-corrected chi connectivity index (χ3v) is 2.32. The lowest BCUT2D eigenvalue weighted by molar-refractivity contribution is -0.0766. The number of rotatable bonds is 5. The fourth-order valence-electron chi connectivity index (χ4n) is 1.49. The fraction of sp³-hybridized carbons (Fsp3) is 0.143. The van der Waals surface area contributed by atoms with Crippen molar-refractivity contribution in [2.24, 2.45) is 0 Å². The summed E-state index contributed by atoms with van der Waals surface area (Å²) in [6.45, 7) is 0.476. The molecule has 0 aliphatic rings. The topological polar surface area (TPSA) is 21.7 Å². The second-order valence-corrected chi connectivity index (χ2v) is 3.53. The second kappa shape index (κ2) is 6.03. The zero-order chi connectivity index (χ0) is 11.9. The van der Waals surface area contributed by atoms with E-state index in [1.54, 1.807) is 7.11 Å². The van der Waals surface area contributed by atoms with Gasteiger partial charge in [0.25, 0.3) is 0 Å². The lowest BCUT2D eigenvalue weighted by atomic mass is 10.2. The first-order valence-corrected chi connectivity index (χ1v) is 5.46. The molecule has 0 saturated carbocycles. The monoisotopic (exact) mass is 229 g/mol. The highest BCUT2D eigenvalue weighted by Gasteiger charge is 2.05. The molecule has 0 atom stereocenters. The Morgan fingerprint density at radius 2 is 1.47 bits per heavy atom. The second-order valence-electron chi connectivity index (χ2n) is 3.53. The van der Waals surface area contributed by atoms with E-state index in [9.17, 15) is 0 Å². The quantitative estimate of drug-likeness (QED) is 0.735. The van der Waals surface area contributed by atoms with E-state index in [0.29, 0.717) is 6.61 Å². The van der Waals surface area contributed by atoms with E-state index in [2.05, 4.69) is 0 Å².